The first-order valence-electron chi connectivity index (χ1n) is 5.72. The summed E-state index contributed by atoms with van der Waals surface area (Å²) in [5, 5.41) is 9.84. The topological polar surface area (TPSA) is 69.4 Å². The number of rotatable bonds is 2. The second kappa shape index (κ2) is 4.20. The molecule has 0 bridgehead atoms. The van der Waals surface area contributed by atoms with Crippen LogP contribution in [0.15, 0.2) is 48.5 Å². The van der Waals surface area contributed by atoms with Crippen LogP contribution in [-0.2, 0) is 4.84 Å². The van der Waals surface area contributed by atoms with Crippen molar-refractivity contribution in [1.29, 1.82) is 0 Å². The van der Waals surface area contributed by atoms with Crippen LogP contribution in [0, 0.1) is 10.1 Å². The van der Waals surface area contributed by atoms with Gasteiger partial charge in [0.1, 0.15) is 0 Å². The first kappa shape index (κ1) is 11.4. The van der Waals surface area contributed by atoms with Gasteiger partial charge in [0.25, 0.3) is 5.09 Å². The molecule has 19 heavy (non-hydrogen) atoms. The minimum atomic E-state index is -0.847. The molecule has 0 heterocycles. The second-order valence-electron chi connectivity index (χ2n) is 4.21. The van der Waals surface area contributed by atoms with E-state index in [1.165, 1.54) is 0 Å². The highest BCUT2D eigenvalue weighted by Crippen LogP contribution is 2.36. The zero-order valence-electron chi connectivity index (χ0n) is 9.78. The second-order valence-corrected chi connectivity index (χ2v) is 4.21. The highest BCUT2D eigenvalue weighted by atomic mass is 17.0. The summed E-state index contributed by atoms with van der Waals surface area (Å²) in [5.41, 5.74) is 1.96. The zero-order chi connectivity index (χ0) is 13.4. The van der Waals surface area contributed by atoms with Crippen LogP contribution in [0.3, 0.4) is 0 Å². The molecular weight excluding hydrogens is 246 g/mol. The Labute approximate surface area is 108 Å². The van der Waals surface area contributed by atoms with E-state index in [0.29, 0.717) is 22.3 Å². The molecule has 0 atom stereocenters. The van der Waals surface area contributed by atoms with E-state index in [-0.39, 0.29) is 5.78 Å². The molecule has 0 N–H and O–H groups in total. The van der Waals surface area contributed by atoms with E-state index in [4.69, 9.17) is 4.84 Å². The lowest BCUT2D eigenvalue weighted by Gasteiger charge is -2.25. The molecule has 0 amide bonds. The third-order valence-corrected chi connectivity index (χ3v) is 3.17. The van der Waals surface area contributed by atoms with Crippen molar-refractivity contribution >= 4 is 5.78 Å². The van der Waals surface area contributed by atoms with E-state index in [2.05, 4.69) is 0 Å². The molecule has 5 heteroatoms. The highest BCUT2D eigenvalue weighted by Gasteiger charge is 2.32. The van der Waals surface area contributed by atoms with Gasteiger partial charge >= 0.3 is 0 Å². The lowest BCUT2D eigenvalue weighted by molar-refractivity contribution is -0.768. The predicted molar refractivity (Wildman–Crippen MR) is 66.2 cm³/mol. The number of carbonyl (C=O) groups excluding carboxylic acids is 1. The minimum absolute atomic E-state index is 0.130. The smallest absolute Gasteiger partial charge is 0.295 e. The number of benzene rings is 2. The lowest BCUT2D eigenvalue weighted by Crippen LogP contribution is -2.22. The van der Waals surface area contributed by atoms with Gasteiger partial charge in [-0.1, -0.05) is 48.5 Å². The Hall–Kier alpha value is -2.69. The van der Waals surface area contributed by atoms with Gasteiger partial charge in [-0.2, -0.15) is 0 Å². The largest absolute Gasteiger partial charge is 0.301 e. The fourth-order valence-corrected chi connectivity index (χ4v) is 2.38. The fourth-order valence-electron chi connectivity index (χ4n) is 2.38. The fraction of sp³-hybridized carbons (Fsp3) is 0.0714. The van der Waals surface area contributed by atoms with Crippen LogP contribution in [0.25, 0.3) is 0 Å². The summed E-state index contributed by atoms with van der Waals surface area (Å²) in [6.45, 7) is 0. The SMILES string of the molecule is O=C1c2ccccc2C(O[N+](=O)[O-])c2ccccc21. The number of ketones is 1. The van der Waals surface area contributed by atoms with Crippen molar-refractivity contribution in [1.82, 2.24) is 0 Å². The van der Waals surface area contributed by atoms with Gasteiger partial charge in [-0.3, -0.25) is 4.79 Å². The van der Waals surface area contributed by atoms with Crippen molar-refractivity contribution in [3.05, 3.63) is 80.9 Å². The lowest BCUT2D eigenvalue weighted by atomic mass is 9.83. The third-order valence-electron chi connectivity index (χ3n) is 3.17. The molecule has 5 nitrogen and oxygen atoms in total. The molecule has 0 aromatic heterocycles. The molecule has 2 aromatic carbocycles. The van der Waals surface area contributed by atoms with E-state index in [0.717, 1.165) is 0 Å². The summed E-state index contributed by atoms with van der Waals surface area (Å²) in [4.78, 5) is 27.7. The average molecular weight is 255 g/mol. The Kier molecular flexibility index (Phi) is 2.52. The van der Waals surface area contributed by atoms with Crippen LogP contribution in [0.4, 0.5) is 0 Å². The van der Waals surface area contributed by atoms with Crippen LogP contribution < -0.4 is 0 Å². The van der Waals surface area contributed by atoms with Crippen LogP contribution in [0.5, 0.6) is 0 Å². The Morgan fingerprint density at radius 2 is 1.42 bits per heavy atom. The number of carbonyl (C=O) groups is 1. The van der Waals surface area contributed by atoms with Crippen LogP contribution in [0.2, 0.25) is 0 Å². The highest BCUT2D eigenvalue weighted by molar-refractivity contribution is 6.12. The number of hydrogen-bond acceptors (Lipinski definition) is 4. The van der Waals surface area contributed by atoms with E-state index < -0.39 is 11.2 Å². The maximum Gasteiger partial charge on any atom is 0.295 e. The molecule has 0 saturated heterocycles. The number of hydrogen-bond donors (Lipinski definition) is 0. The maximum atomic E-state index is 12.3. The molecule has 0 radical (unpaired) electrons. The van der Waals surface area contributed by atoms with Crippen LogP contribution in [-0.4, -0.2) is 10.9 Å². The van der Waals surface area contributed by atoms with Crippen molar-refractivity contribution in [3.8, 4) is 0 Å². The van der Waals surface area contributed by atoms with Gasteiger partial charge < -0.3 is 4.84 Å². The van der Waals surface area contributed by atoms with Crippen molar-refractivity contribution in [2.75, 3.05) is 0 Å². The number of fused-ring (bicyclic) bond motifs is 2. The molecule has 94 valence electrons. The Morgan fingerprint density at radius 1 is 0.947 bits per heavy atom. The van der Waals surface area contributed by atoms with Gasteiger partial charge in [-0.15, -0.1) is 10.1 Å². The summed E-state index contributed by atoms with van der Waals surface area (Å²) < 4.78 is 0. The molecule has 0 unspecified atom stereocenters. The monoisotopic (exact) mass is 255 g/mol. The normalized spacial score (nSPS) is 13.6. The first-order valence-corrected chi connectivity index (χ1v) is 5.72. The summed E-state index contributed by atoms with van der Waals surface area (Å²) >= 11 is 0. The van der Waals surface area contributed by atoms with E-state index in [1.54, 1.807) is 48.5 Å². The molecule has 0 fully saturated rings. The predicted octanol–water partition coefficient (Wildman–Crippen LogP) is 2.53. The van der Waals surface area contributed by atoms with E-state index in [9.17, 15) is 14.9 Å². The van der Waals surface area contributed by atoms with Crippen LogP contribution in [0.1, 0.15) is 33.2 Å². The van der Waals surface area contributed by atoms with Gasteiger partial charge in [0, 0.05) is 11.1 Å². The number of nitrogens with zero attached hydrogens (tertiary/aromatic N) is 1. The summed E-state index contributed by atoms with van der Waals surface area (Å²) in [6, 6.07) is 13.6. The Balaban J connectivity index is 2.23. The molecule has 0 saturated carbocycles. The first-order chi connectivity index (χ1) is 9.18. The molecule has 1 aliphatic carbocycles. The van der Waals surface area contributed by atoms with E-state index >= 15 is 0 Å². The van der Waals surface area contributed by atoms with Crippen LogP contribution >= 0.6 is 0 Å². The molecular formula is C14H9NO4. The van der Waals surface area contributed by atoms with Gasteiger partial charge in [0.2, 0.25) is 0 Å². The van der Waals surface area contributed by atoms with Crippen molar-refractivity contribution in [2.45, 2.75) is 6.10 Å². The van der Waals surface area contributed by atoms with Gasteiger partial charge in [0.15, 0.2) is 11.9 Å². The Bertz CT molecular complexity index is 631. The summed E-state index contributed by atoms with van der Waals surface area (Å²) in [7, 11) is 0. The van der Waals surface area contributed by atoms with Gasteiger partial charge in [-0.25, -0.2) is 0 Å². The third kappa shape index (κ3) is 1.76. The minimum Gasteiger partial charge on any atom is -0.301 e. The van der Waals surface area contributed by atoms with Gasteiger partial charge in [0.05, 0.1) is 0 Å². The summed E-state index contributed by atoms with van der Waals surface area (Å²) in [5.74, 6) is -0.130. The Morgan fingerprint density at radius 3 is 1.89 bits per heavy atom. The average Bonchev–Trinajstić information content (AvgIpc) is 2.43. The maximum absolute atomic E-state index is 12.3. The quantitative estimate of drug-likeness (QED) is 0.610. The molecule has 0 spiro atoms. The van der Waals surface area contributed by atoms with Crippen molar-refractivity contribution in [3.63, 3.8) is 0 Å². The molecule has 1 aliphatic rings. The zero-order valence-corrected chi connectivity index (χ0v) is 9.78. The molecule has 3 rings (SSSR count). The van der Waals surface area contributed by atoms with Gasteiger partial charge in [-0.05, 0) is 11.1 Å². The molecule has 2 aromatic rings. The van der Waals surface area contributed by atoms with Crippen molar-refractivity contribution in [2.24, 2.45) is 0 Å². The van der Waals surface area contributed by atoms with E-state index in [1.807, 2.05) is 0 Å². The molecule has 0 aliphatic heterocycles. The summed E-state index contributed by atoms with van der Waals surface area (Å²) in [6.07, 6.45) is -0.847. The van der Waals surface area contributed by atoms with Crippen molar-refractivity contribution < 1.29 is 14.7 Å². The standard InChI is InChI=1S/C14H9NO4/c16-13-9-5-1-3-7-11(9)14(19-15(17)18)12-8-4-2-6-10(12)13/h1-8,14H.